The highest BCUT2D eigenvalue weighted by atomic mass is 32.2. The van der Waals surface area contributed by atoms with E-state index in [1.165, 1.54) is 11.9 Å². The normalized spacial score (nSPS) is 15.2. The van der Waals surface area contributed by atoms with Crippen LogP contribution in [0.5, 0.6) is 0 Å². The summed E-state index contributed by atoms with van der Waals surface area (Å²) in [5.74, 6) is 1.49. The summed E-state index contributed by atoms with van der Waals surface area (Å²) in [6.45, 7) is 5.98. The molecule has 176 valence electrons. The molecule has 2 aromatic carbocycles. The Morgan fingerprint density at radius 3 is 2.29 bits per heavy atom. The van der Waals surface area contributed by atoms with Gasteiger partial charge in [0.15, 0.2) is 0 Å². The van der Waals surface area contributed by atoms with Crippen molar-refractivity contribution in [1.82, 2.24) is 23.9 Å². The molecule has 0 N–H and O–H groups in total. The Morgan fingerprint density at radius 2 is 1.62 bits per heavy atom. The van der Waals surface area contributed by atoms with Gasteiger partial charge in [-0.3, -0.25) is 0 Å². The second-order valence-electron chi connectivity index (χ2n) is 8.52. The first-order chi connectivity index (χ1) is 16.5. The Kier molecular flexibility index (Phi) is 6.05. The van der Waals surface area contributed by atoms with Gasteiger partial charge in [-0.1, -0.05) is 49.4 Å². The van der Waals surface area contributed by atoms with Gasteiger partial charge in [0.25, 0.3) is 5.78 Å². The molecule has 0 amide bonds. The first-order valence-electron chi connectivity index (χ1n) is 11.5. The minimum Gasteiger partial charge on any atom is -0.354 e. The van der Waals surface area contributed by atoms with Crippen LogP contribution in [0.4, 0.5) is 5.82 Å². The molecule has 0 atom stereocenters. The van der Waals surface area contributed by atoms with Crippen molar-refractivity contribution in [2.45, 2.75) is 31.6 Å². The lowest BCUT2D eigenvalue weighted by Crippen LogP contribution is -2.49. The van der Waals surface area contributed by atoms with E-state index in [1.807, 2.05) is 37.3 Å². The smallest absolute Gasteiger partial charge is 0.254 e. The molecule has 0 radical (unpaired) electrons. The minimum atomic E-state index is -3.53. The lowest BCUT2D eigenvalue weighted by atomic mass is 10.0. The van der Waals surface area contributed by atoms with E-state index in [2.05, 4.69) is 39.0 Å². The highest BCUT2D eigenvalue weighted by molar-refractivity contribution is 7.89. The zero-order valence-electron chi connectivity index (χ0n) is 19.4. The summed E-state index contributed by atoms with van der Waals surface area (Å²) in [6, 6.07) is 17.5. The number of hydrogen-bond donors (Lipinski definition) is 0. The molecule has 5 rings (SSSR count). The number of fused-ring (bicyclic) bond motifs is 1. The molecule has 0 saturated carbocycles. The topological polar surface area (TPSA) is 83.7 Å². The molecule has 1 fully saturated rings. The van der Waals surface area contributed by atoms with Crippen LogP contribution >= 0.6 is 0 Å². The number of nitrogens with zero attached hydrogens (tertiary/aromatic N) is 6. The van der Waals surface area contributed by atoms with E-state index >= 15 is 0 Å². The van der Waals surface area contributed by atoms with Gasteiger partial charge in [-0.25, -0.2) is 13.4 Å². The van der Waals surface area contributed by atoms with E-state index in [-0.39, 0.29) is 0 Å². The molecular formula is C25H28N6O2S. The van der Waals surface area contributed by atoms with Crippen molar-refractivity contribution >= 4 is 21.6 Å². The summed E-state index contributed by atoms with van der Waals surface area (Å²) in [7, 11) is -3.53. The number of hydrogen-bond acceptors (Lipinski definition) is 6. The zero-order valence-corrected chi connectivity index (χ0v) is 20.2. The fourth-order valence-corrected chi connectivity index (χ4v) is 5.91. The third-order valence-electron chi connectivity index (χ3n) is 6.44. The molecule has 0 unspecified atom stereocenters. The highest BCUT2D eigenvalue weighted by Crippen LogP contribution is 2.28. The van der Waals surface area contributed by atoms with Gasteiger partial charge in [-0.15, -0.1) is 0 Å². The number of benzene rings is 2. The Bertz CT molecular complexity index is 1390. The maximum Gasteiger partial charge on any atom is 0.254 e. The molecule has 1 saturated heterocycles. The van der Waals surface area contributed by atoms with Gasteiger partial charge < -0.3 is 4.90 Å². The molecule has 3 heterocycles. The Balaban J connectivity index is 1.43. The van der Waals surface area contributed by atoms with Crippen molar-refractivity contribution in [2.75, 3.05) is 31.1 Å². The van der Waals surface area contributed by atoms with Crippen molar-refractivity contribution in [3.8, 4) is 0 Å². The van der Waals surface area contributed by atoms with E-state index in [0.29, 0.717) is 43.3 Å². The van der Waals surface area contributed by atoms with E-state index in [4.69, 9.17) is 0 Å². The molecule has 8 nitrogen and oxygen atoms in total. The van der Waals surface area contributed by atoms with Crippen molar-refractivity contribution in [2.24, 2.45) is 0 Å². The number of anilines is 1. The predicted molar refractivity (Wildman–Crippen MR) is 132 cm³/mol. The summed E-state index contributed by atoms with van der Waals surface area (Å²) in [5, 5.41) is 4.44. The summed E-state index contributed by atoms with van der Waals surface area (Å²) in [5.41, 5.74) is 4.30. The minimum absolute atomic E-state index is 0.348. The lowest BCUT2D eigenvalue weighted by molar-refractivity contribution is 0.382. The van der Waals surface area contributed by atoms with Crippen LogP contribution in [0.25, 0.3) is 5.78 Å². The van der Waals surface area contributed by atoms with Crippen molar-refractivity contribution in [3.63, 3.8) is 0 Å². The third kappa shape index (κ3) is 4.17. The van der Waals surface area contributed by atoms with Crippen LogP contribution in [0.2, 0.25) is 0 Å². The van der Waals surface area contributed by atoms with Crippen LogP contribution in [0.1, 0.15) is 29.3 Å². The Hall–Kier alpha value is -3.30. The Morgan fingerprint density at radius 1 is 0.912 bits per heavy atom. The third-order valence-corrected chi connectivity index (χ3v) is 8.35. The number of piperazine rings is 1. The van der Waals surface area contributed by atoms with E-state index in [0.717, 1.165) is 29.1 Å². The largest absolute Gasteiger partial charge is 0.354 e. The Labute approximate surface area is 199 Å². The van der Waals surface area contributed by atoms with Crippen LogP contribution in [0.15, 0.2) is 65.8 Å². The van der Waals surface area contributed by atoms with E-state index in [9.17, 15) is 8.42 Å². The van der Waals surface area contributed by atoms with Crippen LogP contribution in [0, 0.1) is 6.92 Å². The molecule has 1 aliphatic rings. The van der Waals surface area contributed by atoms with Gasteiger partial charge in [0, 0.05) is 43.9 Å². The van der Waals surface area contributed by atoms with Gasteiger partial charge in [0.05, 0.1) is 4.90 Å². The number of aryl methyl sites for hydroxylation is 2. The fraction of sp³-hybridized carbons (Fsp3) is 0.320. The van der Waals surface area contributed by atoms with Crippen molar-refractivity contribution in [1.29, 1.82) is 0 Å². The first kappa shape index (κ1) is 22.5. The molecule has 34 heavy (non-hydrogen) atoms. The van der Waals surface area contributed by atoms with Crippen molar-refractivity contribution < 1.29 is 8.42 Å². The predicted octanol–water partition coefficient (Wildman–Crippen LogP) is 3.10. The molecule has 9 heteroatoms. The van der Waals surface area contributed by atoms with Gasteiger partial charge in [0.2, 0.25) is 10.0 Å². The monoisotopic (exact) mass is 476 g/mol. The maximum atomic E-state index is 13.2. The van der Waals surface area contributed by atoms with E-state index < -0.39 is 10.0 Å². The molecule has 0 bridgehead atoms. The van der Waals surface area contributed by atoms with E-state index in [1.54, 1.807) is 21.0 Å². The molecule has 2 aromatic heterocycles. The van der Waals surface area contributed by atoms with Crippen LogP contribution < -0.4 is 4.90 Å². The fourth-order valence-electron chi connectivity index (χ4n) is 4.49. The number of aromatic nitrogens is 4. The zero-order chi connectivity index (χ0) is 23.7. The number of rotatable bonds is 6. The quantitative estimate of drug-likeness (QED) is 0.425. The highest BCUT2D eigenvalue weighted by Gasteiger charge is 2.31. The molecule has 0 spiro atoms. The van der Waals surface area contributed by atoms with Gasteiger partial charge in [0.1, 0.15) is 12.1 Å². The summed E-state index contributed by atoms with van der Waals surface area (Å²) < 4.78 is 29.8. The second-order valence-corrected chi connectivity index (χ2v) is 10.5. The molecule has 4 aromatic rings. The van der Waals surface area contributed by atoms with Crippen LogP contribution in [-0.4, -0.2) is 58.5 Å². The summed E-state index contributed by atoms with van der Waals surface area (Å²) in [4.78, 5) is 11.5. The lowest BCUT2D eigenvalue weighted by Gasteiger charge is -2.36. The second kappa shape index (κ2) is 9.15. The first-order valence-corrected chi connectivity index (χ1v) is 13.0. The van der Waals surface area contributed by atoms with Crippen LogP contribution in [0.3, 0.4) is 0 Å². The summed E-state index contributed by atoms with van der Waals surface area (Å²) >= 11 is 0. The van der Waals surface area contributed by atoms with Gasteiger partial charge >= 0.3 is 0 Å². The summed E-state index contributed by atoms with van der Waals surface area (Å²) in [6.07, 6.45) is 3.11. The van der Waals surface area contributed by atoms with Gasteiger partial charge in [-0.2, -0.15) is 18.9 Å². The average Bonchev–Trinajstić information content (AvgIpc) is 3.33. The SMILES string of the molecule is CCc1ccc(S(=O)(=O)N2CCN(c3c(Cc4ccccc4)c(C)nc4ncnn34)CC2)cc1. The number of sulfonamides is 1. The molecule has 1 aliphatic heterocycles. The van der Waals surface area contributed by atoms with Crippen molar-refractivity contribution in [3.05, 3.63) is 83.3 Å². The molecular weight excluding hydrogens is 448 g/mol. The average molecular weight is 477 g/mol. The standard InChI is InChI=1S/C25H28N6O2S/c1-3-20-9-11-22(12-10-20)34(32,33)30-15-13-29(14-16-30)24-23(17-21-7-5-4-6-8-21)19(2)28-25-26-18-27-31(24)25/h4-12,18H,3,13-17H2,1-2H3. The maximum absolute atomic E-state index is 13.2. The van der Waals surface area contributed by atoms with Crippen LogP contribution in [-0.2, 0) is 22.9 Å². The molecule has 0 aliphatic carbocycles. The van der Waals surface area contributed by atoms with Gasteiger partial charge in [-0.05, 0) is 36.6 Å².